The second-order valence-electron chi connectivity index (χ2n) is 5.09. The zero-order valence-corrected chi connectivity index (χ0v) is 15.1. The highest BCUT2D eigenvalue weighted by Gasteiger charge is 2.14. The molecule has 128 valence electrons. The topological polar surface area (TPSA) is 107 Å². The van der Waals surface area contributed by atoms with E-state index in [4.69, 9.17) is 0 Å². The van der Waals surface area contributed by atoms with Crippen molar-refractivity contribution >= 4 is 45.9 Å². The van der Waals surface area contributed by atoms with Gasteiger partial charge >= 0.3 is 6.03 Å². The normalized spacial score (nSPS) is 11.8. The first-order valence-electron chi connectivity index (χ1n) is 7.25. The molecule has 0 bridgehead atoms. The molecule has 24 heavy (non-hydrogen) atoms. The number of benzene rings is 1. The van der Waals surface area contributed by atoms with Crippen molar-refractivity contribution in [1.82, 2.24) is 10.2 Å². The van der Waals surface area contributed by atoms with Crippen LogP contribution in [0.15, 0.2) is 22.5 Å². The number of carbonyl (C=O) groups excluding carboxylic acids is 2. The van der Waals surface area contributed by atoms with Crippen LogP contribution in [0.2, 0.25) is 0 Å². The lowest BCUT2D eigenvalue weighted by atomic mass is 10.1. The predicted molar refractivity (Wildman–Crippen MR) is 93.4 cm³/mol. The number of aryl methyl sites for hydroxylation is 2. The summed E-state index contributed by atoms with van der Waals surface area (Å²) in [7, 11) is 0. The molecule has 2 aromatic rings. The molecule has 1 aromatic heterocycles. The Morgan fingerprint density at radius 1 is 1.25 bits per heavy atom. The molecule has 0 radical (unpaired) electrons. The van der Waals surface area contributed by atoms with E-state index in [2.05, 4.69) is 20.8 Å². The van der Waals surface area contributed by atoms with E-state index in [1.165, 1.54) is 0 Å². The summed E-state index contributed by atoms with van der Waals surface area (Å²) in [6.45, 7) is 5.72. The van der Waals surface area contributed by atoms with Crippen molar-refractivity contribution in [2.24, 2.45) is 0 Å². The number of carbonyl (C=O) groups is 2. The molecule has 2 rings (SSSR count). The molecule has 2 N–H and O–H groups in total. The smallest absolute Gasteiger partial charge is 0.325 e. The van der Waals surface area contributed by atoms with Crippen LogP contribution in [0.3, 0.4) is 0 Å². The number of aromatic nitrogens is 2. The fourth-order valence-electron chi connectivity index (χ4n) is 1.81. The molecule has 0 unspecified atom stereocenters. The van der Waals surface area contributed by atoms with Gasteiger partial charge in [0.15, 0.2) is 4.34 Å². The third kappa shape index (κ3) is 4.93. The molecule has 2 amide bonds. The largest absolute Gasteiger partial charge is 0.549 e. The van der Waals surface area contributed by atoms with Crippen molar-refractivity contribution in [3.8, 4) is 0 Å². The summed E-state index contributed by atoms with van der Waals surface area (Å²) >= 11 is 2.18. The summed E-state index contributed by atoms with van der Waals surface area (Å²) in [5.41, 5.74) is 2.90. The van der Waals surface area contributed by atoms with E-state index in [-0.39, 0.29) is 0 Å². The number of aliphatic carboxylic acids is 1. The molecule has 1 heterocycles. The summed E-state index contributed by atoms with van der Waals surface area (Å²) in [5, 5.41) is 23.5. The van der Waals surface area contributed by atoms with Crippen LogP contribution in [0, 0.1) is 13.8 Å². The molecule has 7 nitrogen and oxygen atoms in total. The van der Waals surface area contributed by atoms with Crippen molar-refractivity contribution in [3.05, 3.63) is 29.3 Å². The zero-order valence-electron chi connectivity index (χ0n) is 13.5. The van der Waals surface area contributed by atoms with Crippen LogP contribution in [0.4, 0.5) is 15.6 Å². The minimum atomic E-state index is -1.14. The first kappa shape index (κ1) is 18.2. The van der Waals surface area contributed by atoms with Gasteiger partial charge in [-0.1, -0.05) is 36.1 Å². The molecule has 1 aromatic carbocycles. The number of rotatable bonds is 6. The van der Waals surface area contributed by atoms with E-state index < -0.39 is 17.3 Å². The number of hydrogen-bond donors (Lipinski definition) is 2. The Kier molecular flexibility index (Phi) is 6.16. The maximum absolute atomic E-state index is 12.0. The Bertz CT molecular complexity index is 748. The van der Waals surface area contributed by atoms with Gasteiger partial charge in [-0.3, -0.25) is 5.32 Å². The number of thioether (sulfide) groups is 1. The Morgan fingerprint density at radius 2 is 2.00 bits per heavy atom. The van der Waals surface area contributed by atoms with E-state index in [1.54, 1.807) is 6.92 Å². The number of urea groups is 1. The Balaban J connectivity index is 1.95. The predicted octanol–water partition coefficient (Wildman–Crippen LogP) is 2.42. The van der Waals surface area contributed by atoms with Gasteiger partial charge < -0.3 is 15.2 Å². The van der Waals surface area contributed by atoms with E-state index in [1.807, 2.05) is 32.0 Å². The van der Waals surface area contributed by atoms with Gasteiger partial charge in [0.05, 0.1) is 11.2 Å². The summed E-state index contributed by atoms with van der Waals surface area (Å²) in [5.74, 6) is -1.14. The minimum absolute atomic E-state index is 0.298. The van der Waals surface area contributed by atoms with E-state index in [0.717, 1.165) is 34.2 Å². The molecule has 0 saturated heterocycles. The van der Waals surface area contributed by atoms with Gasteiger partial charge in [-0.25, -0.2) is 4.79 Å². The fourth-order valence-corrected chi connectivity index (χ4v) is 3.65. The van der Waals surface area contributed by atoms with E-state index in [0.29, 0.717) is 21.6 Å². The van der Waals surface area contributed by atoms with E-state index in [9.17, 15) is 14.7 Å². The average Bonchev–Trinajstić information content (AvgIpc) is 2.95. The van der Waals surface area contributed by atoms with Crippen LogP contribution in [0.1, 0.15) is 24.5 Å². The number of hydrogen-bond acceptors (Lipinski definition) is 7. The first-order chi connectivity index (χ1) is 11.4. The third-order valence-corrected chi connectivity index (χ3v) is 5.53. The second-order valence-corrected chi connectivity index (χ2v) is 7.51. The van der Waals surface area contributed by atoms with Crippen LogP contribution < -0.4 is 15.7 Å². The van der Waals surface area contributed by atoms with Crippen molar-refractivity contribution < 1.29 is 14.7 Å². The molecule has 0 aliphatic carbocycles. The molecule has 9 heteroatoms. The number of anilines is 2. The van der Waals surface area contributed by atoms with Crippen LogP contribution in [-0.4, -0.2) is 27.4 Å². The molecule has 1 atom stereocenters. The molecule has 0 spiro atoms. The molecule has 0 saturated carbocycles. The Morgan fingerprint density at radius 3 is 2.62 bits per heavy atom. The average molecular weight is 365 g/mol. The van der Waals surface area contributed by atoms with Crippen LogP contribution in [0.25, 0.3) is 0 Å². The number of carboxylic acids is 1. The molecule has 0 fully saturated rings. The number of carboxylic acid groups (broad SMARTS) is 1. The lowest BCUT2D eigenvalue weighted by Gasteiger charge is -2.12. The SMILES string of the molecule is CC[C@@H](Sc1nnc(NC(=O)Nc2ccc(C)c(C)c2)s1)C(=O)[O-]. The standard InChI is InChI=1S/C15H18N4O3S2/c1-4-11(12(20)21)23-15-19-18-14(24-15)17-13(22)16-10-6-5-8(2)9(3)7-10/h5-7,11H,4H2,1-3H3,(H,20,21)(H2,16,17,18,22)/p-1/t11-/m1/s1. The molecule has 0 aliphatic rings. The molecular weight excluding hydrogens is 348 g/mol. The number of amides is 2. The third-order valence-electron chi connectivity index (χ3n) is 3.27. The van der Waals surface area contributed by atoms with Crippen LogP contribution in [-0.2, 0) is 4.79 Å². The quantitative estimate of drug-likeness (QED) is 0.601. The van der Waals surface area contributed by atoms with Gasteiger partial charge in [-0.2, -0.15) is 0 Å². The summed E-state index contributed by atoms with van der Waals surface area (Å²) in [4.78, 5) is 22.9. The maximum Gasteiger partial charge on any atom is 0.325 e. The second kappa shape index (κ2) is 8.11. The molecule has 0 aliphatic heterocycles. The van der Waals surface area contributed by atoms with Gasteiger partial charge in [-0.05, 0) is 43.5 Å². The van der Waals surface area contributed by atoms with Gasteiger partial charge in [0.25, 0.3) is 0 Å². The van der Waals surface area contributed by atoms with Crippen molar-refractivity contribution in [2.75, 3.05) is 10.6 Å². The van der Waals surface area contributed by atoms with Crippen LogP contribution >= 0.6 is 23.1 Å². The minimum Gasteiger partial charge on any atom is -0.549 e. The first-order valence-corrected chi connectivity index (χ1v) is 8.95. The highest BCUT2D eigenvalue weighted by molar-refractivity contribution is 8.02. The summed E-state index contributed by atoms with van der Waals surface area (Å²) in [6.07, 6.45) is 0.419. The van der Waals surface area contributed by atoms with E-state index >= 15 is 0 Å². The lowest BCUT2D eigenvalue weighted by Crippen LogP contribution is -2.32. The van der Waals surface area contributed by atoms with Gasteiger partial charge in [0, 0.05) is 5.69 Å². The van der Waals surface area contributed by atoms with Gasteiger partial charge in [0.2, 0.25) is 5.13 Å². The van der Waals surface area contributed by atoms with Crippen molar-refractivity contribution in [3.63, 3.8) is 0 Å². The highest BCUT2D eigenvalue weighted by Crippen LogP contribution is 2.30. The maximum atomic E-state index is 12.0. The van der Waals surface area contributed by atoms with Gasteiger partial charge in [-0.15, -0.1) is 10.2 Å². The Labute approximate surface area is 147 Å². The number of nitrogens with one attached hydrogen (secondary N) is 2. The molecular formula is C15H17N4O3S2-. The summed E-state index contributed by atoms with van der Waals surface area (Å²) in [6, 6.07) is 5.19. The zero-order chi connectivity index (χ0) is 17.7. The summed E-state index contributed by atoms with van der Waals surface area (Å²) < 4.78 is 0.465. The number of nitrogens with zero attached hydrogens (tertiary/aromatic N) is 2. The lowest BCUT2D eigenvalue weighted by molar-refractivity contribution is -0.304. The fraction of sp³-hybridized carbons (Fsp3) is 0.333. The Hall–Kier alpha value is -2.13. The van der Waals surface area contributed by atoms with Gasteiger partial charge in [0.1, 0.15) is 0 Å². The van der Waals surface area contributed by atoms with Crippen LogP contribution in [0.5, 0.6) is 0 Å². The van der Waals surface area contributed by atoms with Crippen molar-refractivity contribution in [2.45, 2.75) is 36.8 Å². The monoisotopic (exact) mass is 365 g/mol. The van der Waals surface area contributed by atoms with Crippen molar-refractivity contribution in [1.29, 1.82) is 0 Å². The highest BCUT2D eigenvalue weighted by atomic mass is 32.2.